The van der Waals surface area contributed by atoms with Crippen molar-refractivity contribution >= 4 is 23.2 Å². The Morgan fingerprint density at radius 2 is 2.50 bits per heavy atom. The quantitative estimate of drug-likeness (QED) is 0.731. The van der Waals surface area contributed by atoms with E-state index < -0.39 is 0 Å². The van der Waals surface area contributed by atoms with Crippen molar-refractivity contribution in [2.75, 3.05) is 17.3 Å². The molecule has 1 aliphatic rings. The molecule has 0 radical (unpaired) electrons. The first kappa shape index (κ1) is 10.9. The fourth-order valence-electron chi connectivity index (χ4n) is 1.78. The number of amides is 1. The van der Waals surface area contributed by atoms with Gasteiger partial charge in [0.2, 0.25) is 5.91 Å². The molecule has 4 nitrogen and oxygen atoms in total. The zero-order valence-electron chi connectivity index (χ0n) is 8.56. The van der Waals surface area contributed by atoms with Gasteiger partial charge in [-0.2, -0.15) is 5.26 Å². The first-order chi connectivity index (χ1) is 7.74. The van der Waals surface area contributed by atoms with Crippen molar-refractivity contribution in [2.45, 2.75) is 6.42 Å². The number of aromatic nitrogens is 1. The number of carbonyl (C=O) groups excluding carboxylic acids is 1. The number of anilines is 1. The highest BCUT2D eigenvalue weighted by Crippen LogP contribution is 2.25. The summed E-state index contributed by atoms with van der Waals surface area (Å²) < 4.78 is 0. The number of nitriles is 1. The van der Waals surface area contributed by atoms with Crippen LogP contribution in [0.25, 0.3) is 0 Å². The van der Waals surface area contributed by atoms with Gasteiger partial charge in [0.15, 0.2) is 0 Å². The van der Waals surface area contributed by atoms with Crippen LogP contribution in [0.4, 0.5) is 5.69 Å². The third-order valence-corrected chi connectivity index (χ3v) is 3.03. The summed E-state index contributed by atoms with van der Waals surface area (Å²) in [7, 11) is 0. The maximum Gasteiger partial charge on any atom is 0.227 e. The Kier molecular flexibility index (Phi) is 3.07. The Balaban J connectivity index is 2.25. The van der Waals surface area contributed by atoms with Crippen molar-refractivity contribution in [3.05, 3.63) is 24.0 Å². The van der Waals surface area contributed by atoms with Crippen LogP contribution < -0.4 is 4.90 Å². The highest BCUT2D eigenvalue weighted by atomic mass is 35.5. The summed E-state index contributed by atoms with van der Waals surface area (Å²) in [5, 5.41) is 8.73. The molecule has 5 heteroatoms. The maximum atomic E-state index is 11.7. The highest BCUT2D eigenvalue weighted by molar-refractivity contribution is 6.18. The van der Waals surface area contributed by atoms with E-state index in [9.17, 15) is 4.79 Å². The second kappa shape index (κ2) is 4.50. The van der Waals surface area contributed by atoms with Gasteiger partial charge in [0.25, 0.3) is 0 Å². The van der Waals surface area contributed by atoms with Gasteiger partial charge in [-0.25, -0.2) is 4.98 Å². The van der Waals surface area contributed by atoms with E-state index in [0.29, 0.717) is 24.5 Å². The van der Waals surface area contributed by atoms with Gasteiger partial charge < -0.3 is 4.90 Å². The number of hydrogen-bond donors (Lipinski definition) is 0. The molecule has 2 rings (SSSR count). The van der Waals surface area contributed by atoms with E-state index in [0.717, 1.165) is 5.69 Å². The average Bonchev–Trinajstić information content (AvgIpc) is 2.71. The lowest BCUT2D eigenvalue weighted by atomic mass is 10.1. The van der Waals surface area contributed by atoms with Crippen LogP contribution in [0, 0.1) is 17.2 Å². The zero-order valence-corrected chi connectivity index (χ0v) is 9.31. The molecule has 1 fully saturated rings. The lowest BCUT2D eigenvalue weighted by Crippen LogP contribution is -2.24. The van der Waals surface area contributed by atoms with Gasteiger partial charge in [0.1, 0.15) is 11.8 Å². The lowest BCUT2D eigenvalue weighted by Gasteiger charge is -2.16. The molecule has 1 amide bonds. The predicted molar refractivity (Wildman–Crippen MR) is 60.1 cm³/mol. The molecule has 1 aliphatic heterocycles. The monoisotopic (exact) mass is 235 g/mol. The third kappa shape index (κ3) is 2.00. The van der Waals surface area contributed by atoms with Crippen molar-refractivity contribution in [1.29, 1.82) is 5.26 Å². The summed E-state index contributed by atoms with van der Waals surface area (Å²) in [6.45, 7) is 0.622. The number of carbonyl (C=O) groups is 1. The van der Waals surface area contributed by atoms with Gasteiger partial charge >= 0.3 is 0 Å². The molecule has 1 unspecified atom stereocenters. The normalized spacial score (nSPS) is 19.9. The van der Waals surface area contributed by atoms with Crippen molar-refractivity contribution in [2.24, 2.45) is 5.92 Å². The fraction of sp³-hybridized carbons (Fsp3) is 0.364. The Hall–Kier alpha value is -1.60. The fourth-order valence-corrected chi connectivity index (χ4v) is 1.99. The van der Waals surface area contributed by atoms with Gasteiger partial charge in [-0.05, 0) is 18.1 Å². The summed E-state index contributed by atoms with van der Waals surface area (Å²) in [6, 6.07) is 5.31. The average molecular weight is 236 g/mol. The Morgan fingerprint density at radius 1 is 1.69 bits per heavy atom. The molecular weight excluding hydrogens is 226 g/mol. The molecule has 0 aliphatic carbocycles. The standard InChI is InChI=1S/C11H10ClN3O/c12-5-8-3-11(16)15(7-8)10-1-2-14-9(4-10)6-13/h1-2,4,8H,3,5,7H2. The van der Waals surface area contributed by atoms with Gasteiger partial charge in [-0.3, -0.25) is 4.79 Å². The number of rotatable bonds is 2. The van der Waals surface area contributed by atoms with Crippen LogP contribution in [0.5, 0.6) is 0 Å². The van der Waals surface area contributed by atoms with Crippen LogP contribution in [-0.4, -0.2) is 23.3 Å². The largest absolute Gasteiger partial charge is 0.312 e. The van der Waals surface area contributed by atoms with E-state index in [1.165, 1.54) is 6.20 Å². The highest BCUT2D eigenvalue weighted by Gasteiger charge is 2.29. The van der Waals surface area contributed by atoms with Crippen molar-refractivity contribution in [1.82, 2.24) is 4.98 Å². The van der Waals surface area contributed by atoms with E-state index in [4.69, 9.17) is 16.9 Å². The van der Waals surface area contributed by atoms with Crippen LogP contribution in [-0.2, 0) is 4.79 Å². The summed E-state index contributed by atoms with van der Waals surface area (Å²) in [5.74, 6) is 0.743. The topological polar surface area (TPSA) is 57.0 Å². The molecule has 0 spiro atoms. The predicted octanol–water partition coefficient (Wildman–Crippen LogP) is 1.54. The van der Waals surface area contributed by atoms with Crippen molar-refractivity contribution < 1.29 is 4.79 Å². The number of pyridine rings is 1. The van der Waals surface area contributed by atoms with Gasteiger partial charge in [0, 0.05) is 30.7 Å². The molecule has 0 bridgehead atoms. The molecule has 1 saturated heterocycles. The molecule has 0 aromatic carbocycles. The molecule has 82 valence electrons. The Labute approximate surface area is 98.5 Å². The summed E-state index contributed by atoms with van der Waals surface area (Å²) >= 11 is 5.74. The van der Waals surface area contributed by atoms with E-state index in [2.05, 4.69) is 4.98 Å². The first-order valence-electron chi connectivity index (χ1n) is 4.97. The minimum atomic E-state index is 0.0562. The molecule has 0 saturated carbocycles. The number of hydrogen-bond acceptors (Lipinski definition) is 3. The lowest BCUT2D eigenvalue weighted by molar-refractivity contribution is -0.117. The minimum absolute atomic E-state index is 0.0562. The molecule has 16 heavy (non-hydrogen) atoms. The van der Waals surface area contributed by atoms with Crippen LogP contribution in [0.15, 0.2) is 18.3 Å². The third-order valence-electron chi connectivity index (χ3n) is 2.59. The first-order valence-corrected chi connectivity index (χ1v) is 5.50. The molecule has 1 aromatic rings. The smallest absolute Gasteiger partial charge is 0.227 e. The number of halogens is 1. The minimum Gasteiger partial charge on any atom is -0.312 e. The SMILES string of the molecule is N#Cc1cc(N2CC(CCl)CC2=O)ccn1. The van der Waals surface area contributed by atoms with E-state index >= 15 is 0 Å². The van der Waals surface area contributed by atoms with Gasteiger partial charge in [0.05, 0.1) is 0 Å². The molecule has 1 atom stereocenters. The number of alkyl halides is 1. The summed E-state index contributed by atoms with van der Waals surface area (Å²) in [4.78, 5) is 17.2. The van der Waals surface area contributed by atoms with Gasteiger partial charge in [-0.15, -0.1) is 11.6 Å². The van der Waals surface area contributed by atoms with Crippen LogP contribution >= 0.6 is 11.6 Å². The maximum absolute atomic E-state index is 11.7. The zero-order chi connectivity index (χ0) is 11.5. The second-order valence-corrected chi connectivity index (χ2v) is 4.05. The van der Waals surface area contributed by atoms with E-state index in [-0.39, 0.29) is 11.8 Å². The summed E-state index contributed by atoms with van der Waals surface area (Å²) in [5.41, 5.74) is 1.05. The van der Waals surface area contributed by atoms with Gasteiger partial charge in [-0.1, -0.05) is 0 Å². The van der Waals surface area contributed by atoms with E-state index in [1.54, 1.807) is 17.0 Å². The van der Waals surface area contributed by atoms with Crippen molar-refractivity contribution in [3.8, 4) is 6.07 Å². The van der Waals surface area contributed by atoms with Crippen molar-refractivity contribution in [3.63, 3.8) is 0 Å². The van der Waals surface area contributed by atoms with E-state index in [1.807, 2.05) is 6.07 Å². The van der Waals surface area contributed by atoms with Crippen LogP contribution in [0.2, 0.25) is 0 Å². The van der Waals surface area contributed by atoms with Crippen LogP contribution in [0.3, 0.4) is 0 Å². The Bertz CT molecular complexity index is 455. The van der Waals surface area contributed by atoms with Crippen LogP contribution in [0.1, 0.15) is 12.1 Å². The Morgan fingerprint density at radius 3 is 3.12 bits per heavy atom. The molecular formula is C11H10ClN3O. The summed E-state index contributed by atoms with van der Waals surface area (Å²) in [6.07, 6.45) is 2.02. The second-order valence-electron chi connectivity index (χ2n) is 3.74. The molecule has 0 N–H and O–H groups in total. The molecule has 2 heterocycles. The number of nitrogens with zero attached hydrogens (tertiary/aromatic N) is 3. The molecule has 1 aromatic heterocycles.